The summed E-state index contributed by atoms with van der Waals surface area (Å²) in [6, 6.07) is 9.00. The quantitative estimate of drug-likeness (QED) is 0.745. The highest BCUT2D eigenvalue weighted by atomic mass is 16.5. The number of aromatic nitrogens is 3. The summed E-state index contributed by atoms with van der Waals surface area (Å²) in [5, 5.41) is 0.544. The number of hydrogen-bond donors (Lipinski definition) is 0. The highest BCUT2D eigenvalue weighted by Gasteiger charge is 2.15. The topological polar surface area (TPSA) is 57.0 Å². The Hall–Kier alpha value is -2.69. The first-order chi connectivity index (χ1) is 10.6. The van der Waals surface area contributed by atoms with Crippen LogP contribution in [0.15, 0.2) is 47.7 Å². The maximum Gasteiger partial charge on any atom is 0.261 e. The average Bonchev–Trinajstić information content (AvgIpc) is 2.55. The Morgan fingerprint density at radius 1 is 1.23 bits per heavy atom. The van der Waals surface area contributed by atoms with E-state index in [1.807, 2.05) is 26.0 Å². The maximum absolute atomic E-state index is 12.8. The van der Waals surface area contributed by atoms with Gasteiger partial charge in [-0.3, -0.25) is 14.3 Å². The smallest absolute Gasteiger partial charge is 0.261 e. The minimum atomic E-state index is -0.184. The van der Waals surface area contributed by atoms with Gasteiger partial charge in [0.25, 0.3) is 5.56 Å². The third-order valence-corrected chi connectivity index (χ3v) is 3.85. The SMILES string of the molecule is COc1ccc2ncn([C@@H](C)c3ncccc3C)c(=O)c2c1. The van der Waals surface area contributed by atoms with Crippen molar-refractivity contribution in [1.29, 1.82) is 0 Å². The van der Waals surface area contributed by atoms with Gasteiger partial charge in [0.1, 0.15) is 5.75 Å². The number of rotatable bonds is 3. The average molecular weight is 295 g/mol. The van der Waals surface area contributed by atoms with E-state index in [-0.39, 0.29) is 11.6 Å². The van der Waals surface area contributed by atoms with Crippen molar-refractivity contribution >= 4 is 10.9 Å². The summed E-state index contributed by atoms with van der Waals surface area (Å²) in [6.07, 6.45) is 3.32. The van der Waals surface area contributed by atoms with Gasteiger partial charge in [0.15, 0.2) is 0 Å². The highest BCUT2D eigenvalue weighted by Crippen LogP contribution is 2.20. The van der Waals surface area contributed by atoms with Gasteiger partial charge in [-0.2, -0.15) is 0 Å². The number of nitrogens with zero attached hydrogens (tertiary/aromatic N) is 3. The van der Waals surface area contributed by atoms with Crippen molar-refractivity contribution in [1.82, 2.24) is 14.5 Å². The molecule has 5 nitrogen and oxygen atoms in total. The Labute approximate surface area is 128 Å². The van der Waals surface area contributed by atoms with Crippen molar-refractivity contribution < 1.29 is 4.74 Å². The number of hydrogen-bond acceptors (Lipinski definition) is 4. The molecule has 0 aliphatic carbocycles. The van der Waals surface area contributed by atoms with Crippen LogP contribution in [-0.2, 0) is 0 Å². The van der Waals surface area contributed by atoms with Gasteiger partial charge in [0, 0.05) is 6.20 Å². The largest absolute Gasteiger partial charge is 0.497 e. The molecule has 3 aromatic rings. The third kappa shape index (κ3) is 2.35. The van der Waals surface area contributed by atoms with E-state index in [0.717, 1.165) is 11.3 Å². The van der Waals surface area contributed by atoms with Gasteiger partial charge in [-0.15, -0.1) is 0 Å². The van der Waals surface area contributed by atoms with Crippen molar-refractivity contribution in [3.05, 3.63) is 64.5 Å². The molecule has 2 aromatic heterocycles. The fraction of sp³-hybridized carbons (Fsp3) is 0.235. The van der Waals surface area contributed by atoms with Gasteiger partial charge in [-0.25, -0.2) is 4.98 Å². The molecule has 0 saturated heterocycles. The second-order valence-corrected chi connectivity index (χ2v) is 5.22. The Balaban J connectivity index is 2.17. The highest BCUT2D eigenvalue weighted by molar-refractivity contribution is 5.78. The second kappa shape index (κ2) is 5.60. The molecule has 0 amide bonds. The number of methoxy groups -OCH3 is 1. The summed E-state index contributed by atoms with van der Waals surface area (Å²) in [7, 11) is 1.58. The van der Waals surface area contributed by atoms with Crippen LogP contribution in [-0.4, -0.2) is 21.6 Å². The van der Waals surface area contributed by atoms with Crippen LogP contribution in [0.3, 0.4) is 0 Å². The van der Waals surface area contributed by atoms with Crippen LogP contribution in [0.25, 0.3) is 10.9 Å². The molecule has 0 N–H and O–H groups in total. The molecule has 3 rings (SSSR count). The van der Waals surface area contributed by atoms with E-state index in [2.05, 4.69) is 9.97 Å². The van der Waals surface area contributed by atoms with E-state index in [0.29, 0.717) is 16.7 Å². The van der Waals surface area contributed by atoms with Gasteiger partial charge in [0.2, 0.25) is 0 Å². The molecule has 1 aromatic carbocycles. The number of aryl methyl sites for hydroxylation is 1. The van der Waals surface area contributed by atoms with Gasteiger partial charge < -0.3 is 4.74 Å². The van der Waals surface area contributed by atoms with Gasteiger partial charge >= 0.3 is 0 Å². The zero-order valence-corrected chi connectivity index (χ0v) is 12.8. The predicted molar refractivity (Wildman–Crippen MR) is 85.3 cm³/mol. The fourth-order valence-corrected chi connectivity index (χ4v) is 2.58. The monoisotopic (exact) mass is 295 g/mol. The second-order valence-electron chi connectivity index (χ2n) is 5.22. The van der Waals surface area contributed by atoms with Crippen molar-refractivity contribution in [2.45, 2.75) is 19.9 Å². The van der Waals surface area contributed by atoms with Crippen LogP contribution in [0.4, 0.5) is 0 Å². The summed E-state index contributed by atoms with van der Waals surface area (Å²) in [4.78, 5) is 21.5. The number of pyridine rings is 1. The number of benzene rings is 1. The molecule has 112 valence electrons. The lowest BCUT2D eigenvalue weighted by atomic mass is 10.1. The minimum Gasteiger partial charge on any atom is -0.497 e. The summed E-state index contributed by atoms with van der Waals surface area (Å²) >= 11 is 0. The zero-order chi connectivity index (χ0) is 15.7. The van der Waals surface area contributed by atoms with Crippen LogP contribution in [0.5, 0.6) is 5.75 Å². The minimum absolute atomic E-state index is 0.0959. The lowest BCUT2D eigenvalue weighted by molar-refractivity contribution is 0.415. The van der Waals surface area contributed by atoms with E-state index in [1.165, 1.54) is 0 Å². The standard InChI is InChI=1S/C17H17N3O2/c1-11-5-4-8-18-16(11)12(2)20-10-19-15-7-6-13(22-3)9-14(15)17(20)21/h4-10,12H,1-3H3/t12-/m0/s1. The van der Waals surface area contributed by atoms with Crippen molar-refractivity contribution in [2.24, 2.45) is 0 Å². The Morgan fingerprint density at radius 2 is 2.05 bits per heavy atom. The lowest BCUT2D eigenvalue weighted by Gasteiger charge is -2.16. The van der Waals surface area contributed by atoms with E-state index in [4.69, 9.17) is 4.74 Å². The van der Waals surface area contributed by atoms with Crippen molar-refractivity contribution in [3.63, 3.8) is 0 Å². The van der Waals surface area contributed by atoms with Crippen molar-refractivity contribution in [3.8, 4) is 5.75 Å². The maximum atomic E-state index is 12.8. The van der Waals surface area contributed by atoms with E-state index >= 15 is 0 Å². The molecule has 1 atom stereocenters. The molecule has 0 aliphatic heterocycles. The van der Waals surface area contributed by atoms with E-state index in [1.54, 1.807) is 42.4 Å². The molecule has 2 heterocycles. The molecular formula is C17H17N3O2. The van der Waals surface area contributed by atoms with E-state index < -0.39 is 0 Å². The van der Waals surface area contributed by atoms with Gasteiger partial charge in [-0.05, 0) is 43.7 Å². The molecule has 5 heteroatoms. The zero-order valence-electron chi connectivity index (χ0n) is 12.8. The fourth-order valence-electron chi connectivity index (χ4n) is 2.58. The van der Waals surface area contributed by atoms with Crippen LogP contribution in [0.2, 0.25) is 0 Å². The molecule has 0 radical (unpaired) electrons. The molecule has 22 heavy (non-hydrogen) atoms. The van der Waals surface area contributed by atoms with Gasteiger partial charge in [-0.1, -0.05) is 6.07 Å². The van der Waals surface area contributed by atoms with Gasteiger partial charge in [0.05, 0.1) is 36.1 Å². The molecule has 0 aliphatic rings. The normalized spacial score (nSPS) is 12.3. The lowest BCUT2D eigenvalue weighted by Crippen LogP contribution is -2.25. The molecule has 0 saturated carbocycles. The van der Waals surface area contributed by atoms with Crippen LogP contribution < -0.4 is 10.3 Å². The predicted octanol–water partition coefficient (Wildman–Crippen LogP) is 2.72. The molecule has 0 unspecified atom stereocenters. The molecule has 0 fully saturated rings. The Morgan fingerprint density at radius 3 is 2.77 bits per heavy atom. The first-order valence-corrected chi connectivity index (χ1v) is 7.08. The Bertz CT molecular complexity index is 886. The van der Waals surface area contributed by atoms with Crippen LogP contribution >= 0.6 is 0 Å². The van der Waals surface area contributed by atoms with Crippen molar-refractivity contribution in [2.75, 3.05) is 7.11 Å². The molecule has 0 bridgehead atoms. The summed E-state index contributed by atoms with van der Waals surface area (Å²) in [5.41, 5.74) is 2.48. The van der Waals surface area contributed by atoms with Crippen LogP contribution in [0.1, 0.15) is 24.2 Å². The van der Waals surface area contributed by atoms with Crippen LogP contribution in [0, 0.1) is 6.92 Å². The summed E-state index contributed by atoms with van der Waals surface area (Å²) < 4.78 is 6.80. The summed E-state index contributed by atoms with van der Waals surface area (Å²) in [6.45, 7) is 3.94. The first-order valence-electron chi connectivity index (χ1n) is 7.08. The number of ether oxygens (including phenoxy) is 1. The molecular weight excluding hydrogens is 278 g/mol. The summed E-state index contributed by atoms with van der Waals surface area (Å²) in [5.74, 6) is 0.644. The molecule has 0 spiro atoms. The first kappa shape index (κ1) is 14.3. The van der Waals surface area contributed by atoms with E-state index in [9.17, 15) is 4.79 Å². The number of fused-ring (bicyclic) bond motifs is 1. The Kier molecular flexibility index (Phi) is 3.63. The third-order valence-electron chi connectivity index (χ3n) is 3.85.